The van der Waals surface area contributed by atoms with Crippen molar-refractivity contribution in [1.29, 1.82) is 0 Å². The molecule has 0 aliphatic carbocycles. The first kappa shape index (κ1) is 15.6. The molecular weight excluding hydrogens is 336 g/mol. The number of thiazole rings is 1. The number of halogens is 1. The van der Waals surface area contributed by atoms with Crippen molar-refractivity contribution < 1.29 is 4.79 Å². The van der Waals surface area contributed by atoms with Crippen LogP contribution in [0.4, 0.5) is 0 Å². The Bertz CT molecular complexity index is 935. The van der Waals surface area contributed by atoms with Gasteiger partial charge in [-0.3, -0.25) is 9.59 Å². The molecule has 2 aromatic heterocycles. The molecule has 0 saturated heterocycles. The number of nitrogens with zero attached hydrogens (tertiary/aromatic N) is 3. The van der Waals surface area contributed by atoms with E-state index in [0.29, 0.717) is 27.9 Å². The second kappa shape index (κ2) is 6.47. The molecule has 1 aromatic carbocycles. The lowest BCUT2D eigenvalue weighted by Gasteiger charge is -2.06. The van der Waals surface area contributed by atoms with Crippen molar-refractivity contribution in [2.75, 3.05) is 0 Å². The van der Waals surface area contributed by atoms with Crippen LogP contribution in [0.25, 0.3) is 4.96 Å². The number of hydrogen-bond acceptors (Lipinski definition) is 5. The molecular formula is C15H13ClN4O2S. The van der Waals surface area contributed by atoms with Gasteiger partial charge in [0.05, 0.1) is 12.1 Å². The van der Waals surface area contributed by atoms with Gasteiger partial charge in [0.15, 0.2) is 0 Å². The molecule has 23 heavy (non-hydrogen) atoms. The third-order valence-corrected chi connectivity index (χ3v) is 4.52. The third-order valence-electron chi connectivity index (χ3n) is 3.29. The van der Waals surface area contributed by atoms with Crippen molar-refractivity contribution in [3.63, 3.8) is 0 Å². The maximum Gasteiger partial charge on any atom is 0.295 e. The molecule has 0 spiro atoms. The van der Waals surface area contributed by atoms with Crippen LogP contribution in [0, 0.1) is 6.92 Å². The molecule has 0 aliphatic rings. The fourth-order valence-corrected chi connectivity index (χ4v) is 3.08. The number of hydrogen-bond donors (Lipinski definition) is 1. The molecule has 3 rings (SSSR count). The lowest BCUT2D eigenvalue weighted by atomic mass is 10.2. The quantitative estimate of drug-likeness (QED) is 0.782. The number of carbonyl (C=O) groups excluding carboxylic acids is 1. The Labute approximate surface area is 140 Å². The third kappa shape index (κ3) is 3.40. The SMILES string of the molecule is Cc1nn2c(CC(=O)NCc3ccccc3Cl)csc2nc1=O. The zero-order chi connectivity index (χ0) is 16.4. The Morgan fingerprint density at radius 1 is 1.39 bits per heavy atom. The fourth-order valence-electron chi connectivity index (χ4n) is 2.06. The molecule has 0 aliphatic heterocycles. The summed E-state index contributed by atoms with van der Waals surface area (Å²) >= 11 is 7.34. The molecule has 0 saturated carbocycles. The fraction of sp³-hybridized carbons (Fsp3) is 0.200. The van der Waals surface area contributed by atoms with Crippen molar-refractivity contribution in [2.45, 2.75) is 19.9 Å². The number of aromatic nitrogens is 3. The first-order valence-corrected chi connectivity index (χ1v) is 8.14. The van der Waals surface area contributed by atoms with Crippen LogP contribution in [0.15, 0.2) is 34.4 Å². The highest BCUT2D eigenvalue weighted by atomic mass is 35.5. The molecule has 2 heterocycles. The highest BCUT2D eigenvalue weighted by Crippen LogP contribution is 2.15. The molecule has 118 valence electrons. The van der Waals surface area contributed by atoms with Crippen LogP contribution in [0.5, 0.6) is 0 Å². The van der Waals surface area contributed by atoms with E-state index in [4.69, 9.17) is 11.6 Å². The topological polar surface area (TPSA) is 76.4 Å². The van der Waals surface area contributed by atoms with Gasteiger partial charge in [0, 0.05) is 16.9 Å². The number of nitrogens with one attached hydrogen (secondary N) is 1. The van der Waals surface area contributed by atoms with Gasteiger partial charge in [0.25, 0.3) is 5.56 Å². The number of rotatable bonds is 4. The summed E-state index contributed by atoms with van der Waals surface area (Å²) in [6, 6.07) is 7.35. The molecule has 8 heteroatoms. The lowest BCUT2D eigenvalue weighted by molar-refractivity contribution is -0.120. The van der Waals surface area contributed by atoms with Crippen molar-refractivity contribution in [3.8, 4) is 0 Å². The highest BCUT2D eigenvalue weighted by Gasteiger charge is 2.12. The number of fused-ring (bicyclic) bond motifs is 1. The first-order chi connectivity index (χ1) is 11.0. The van der Waals surface area contributed by atoms with Crippen LogP contribution in [-0.4, -0.2) is 20.5 Å². The second-order valence-corrected chi connectivity index (χ2v) is 6.21. The van der Waals surface area contributed by atoms with Gasteiger partial charge in [-0.2, -0.15) is 10.1 Å². The Kier molecular flexibility index (Phi) is 4.40. The molecule has 1 N–H and O–H groups in total. The number of carbonyl (C=O) groups is 1. The molecule has 0 bridgehead atoms. The van der Waals surface area contributed by atoms with Gasteiger partial charge >= 0.3 is 0 Å². The summed E-state index contributed by atoms with van der Waals surface area (Å²) in [5, 5.41) is 9.40. The van der Waals surface area contributed by atoms with E-state index in [-0.39, 0.29) is 17.9 Å². The summed E-state index contributed by atoms with van der Waals surface area (Å²) in [4.78, 5) is 28.0. The number of aryl methyl sites for hydroxylation is 1. The van der Waals surface area contributed by atoms with Crippen molar-refractivity contribution in [1.82, 2.24) is 19.9 Å². The highest BCUT2D eigenvalue weighted by molar-refractivity contribution is 7.15. The predicted molar refractivity (Wildman–Crippen MR) is 88.9 cm³/mol. The van der Waals surface area contributed by atoms with E-state index in [1.807, 2.05) is 18.2 Å². The average Bonchev–Trinajstić information content (AvgIpc) is 2.89. The van der Waals surface area contributed by atoms with Gasteiger partial charge in [0.1, 0.15) is 5.69 Å². The molecule has 0 fully saturated rings. The summed E-state index contributed by atoms with van der Waals surface area (Å²) in [5.74, 6) is -0.150. The summed E-state index contributed by atoms with van der Waals surface area (Å²) in [6.45, 7) is 1.96. The van der Waals surface area contributed by atoms with Crippen LogP contribution in [0.1, 0.15) is 17.0 Å². The maximum absolute atomic E-state index is 12.1. The zero-order valence-corrected chi connectivity index (χ0v) is 13.8. The average molecular weight is 349 g/mol. The Hall–Kier alpha value is -2.25. The van der Waals surface area contributed by atoms with Crippen LogP contribution >= 0.6 is 22.9 Å². The van der Waals surface area contributed by atoms with E-state index >= 15 is 0 Å². The minimum Gasteiger partial charge on any atom is -0.352 e. The first-order valence-electron chi connectivity index (χ1n) is 6.89. The summed E-state index contributed by atoms with van der Waals surface area (Å²) in [7, 11) is 0. The summed E-state index contributed by atoms with van der Waals surface area (Å²) in [6.07, 6.45) is 0.154. The van der Waals surface area contributed by atoms with Gasteiger partial charge < -0.3 is 5.32 Å². The smallest absolute Gasteiger partial charge is 0.295 e. The molecule has 6 nitrogen and oxygen atoms in total. The summed E-state index contributed by atoms with van der Waals surface area (Å²) in [5.41, 5.74) is 1.51. The Morgan fingerprint density at radius 3 is 2.96 bits per heavy atom. The van der Waals surface area contributed by atoms with E-state index in [1.54, 1.807) is 18.4 Å². The van der Waals surface area contributed by atoms with E-state index in [9.17, 15) is 9.59 Å². The van der Waals surface area contributed by atoms with E-state index < -0.39 is 0 Å². The second-order valence-electron chi connectivity index (χ2n) is 4.97. The van der Waals surface area contributed by atoms with E-state index in [1.165, 1.54) is 15.9 Å². The largest absolute Gasteiger partial charge is 0.352 e. The van der Waals surface area contributed by atoms with Gasteiger partial charge in [-0.1, -0.05) is 29.8 Å². The maximum atomic E-state index is 12.1. The van der Waals surface area contributed by atoms with Crippen LogP contribution in [-0.2, 0) is 17.8 Å². The van der Waals surface area contributed by atoms with Gasteiger partial charge in [-0.25, -0.2) is 4.52 Å². The van der Waals surface area contributed by atoms with Crippen LogP contribution < -0.4 is 10.9 Å². The Balaban J connectivity index is 1.72. The van der Waals surface area contributed by atoms with E-state index in [2.05, 4.69) is 15.4 Å². The molecule has 1 amide bonds. The predicted octanol–water partition coefficient (Wildman–Crippen LogP) is 1.97. The lowest BCUT2D eigenvalue weighted by Crippen LogP contribution is -2.25. The van der Waals surface area contributed by atoms with Crippen LogP contribution in [0.3, 0.4) is 0 Å². The minimum absolute atomic E-state index is 0.150. The molecule has 3 aromatic rings. The van der Waals surface area contributed by atoms with Crippen molar-refractivity contribution in [3.05, 3.63) is 62.0 Å². The van der Waals surface area contributed by atoms with Gasteiger partial charge in [-0.15, -0.1) is 11.3 Å². The van der Waals surface area contributed by atoms with E-state index in [0.717, 1.165) is 5.56 Å². The molecule has 0 unspecified atom stereocenters. The zero-order valence-electron chi connectivity index (χ0n) is 12.2. The normalized spacial score (nSPS) is 10.9. The van der Waals surface area contributed by atoms with Gasteiger partial charge in [-0.05, 0) is 18.6 Å². The van der Waals surface area contributed by atoms with Gasteiger partial charge in [0.2, 0.25) is 10.9 Å². The minimum atomic E-state index is -0.346. The molecule has 0 atom stereocenters. The monoisotopic (exact) mass is 348 g/mol. The number of benzene rings is 1. The standard InChI is InChI=1S/C15H13ClN4O2S/c1-9-14(22)18-15-20(19-9)11(8-23-15)6-13(21)17-7-10-4-2-3-5-12(10)16/h2-5,8H,6-7H2,1H3,(H,17,21). The van der Waals surface area contributed by atoms with Crippen LogP contribution in [0.2, 0.25) is 5.02 Å². The van der Waals surface area contributed by atoms with Crippen molar-refractivity contribution in [2.24, 2.45) is 0 Å². The Morgan fingerprint density at radius 2 is 2.17 bits per heavy atom. The molecule has 0 radical (unpaired) electrons. The summed E-state index contributed by atoms with van der Waals surface area (Å²) < 4.78 is 1.54. The number of amides is 1. The van der Waals surface area contributed by atoms with Crippen molar-refractivity contribution >= 4 is 33.8 Å².